The fraction of sp³-hybridized carbons (Fsp3) is 0.535. The van der Waals surface area contributed by atoms with Crippen LogP contribution in [0, 0.1) is 41.4 Å². The zero-order valence-electron chi connectivity index (χ0n) is 30.7. The Hall–Kier alpha value is -2.70. The molecular weight excluding hydrogens is 609 g/mol. The number of fused-ring (bicyclic) bond motifs is 1. The summed E-state index contributed by atoms with van der Waals surface area (Å²) in [6.45, 7) is 18.0. The predicted molar refractivity (Wildman–Crippen MR) is 201 cm³/mol. The van der Waals surface area contributed by atoms with Crippen LogP contribution in [0.25, 0.3) is 0 Å². The molecule has 7 atom stereocenters. The minimum absolute atomic E-state index is 0.0802. The maximum atomic E-state index is 10.7. The van der Waals surface area contributed by atoms with Gasteiger partial charge in [-0.3, -0.25) is 0 Å². The van der Waals surface area contributed by atoms with Crippen molar-refractivity contribution in [3.63, 3.8) is 0 Å². The Morgan fingerprint density at radius 3 is 1.96 bits per heavy atom. The van der Waals surface area contributed by atoms with Crippen LogP contribution in [0.15, 0.2) is 96.6 Å². The molecule has 5 heteroatoms. The van der Waals surface area contributed by atoms with Crippen molar-refractivity contribution in [1.29, 1.82) is 0 Å². The van der Waals surface area contributed by atoms with Crippen molar-refractivity contribution in [3.05, 3.63) is 102 Å². The molecule has 3 aromatic rings. The highest BCUT2D eigenvalue weighted by molar-refractivity contribution is 6.99. The lowest BCUT2D eigenvalue weighted by molar-refractivity contribution is -0.0386. The summed E-state index contributed by atoms with van der Waals surface area (Å²) in [5, 5.41) is 13.3. The molecule has 0 radical (unpaired) electrons. The van der Waals surface area contributed by atoms with Gasteiger partial charge >= 0.3 is 0 Å². The van der Waals surface area contributed by atoms with Gasteiger partial charge in [0.2, 0.25) is 0 Å². The number of ether oxygens (including phenoxy) is 2. The highest BCUT2D eigenvalue weighted by Crippen LogP contribution is 2.52. The number of rotatable bonds is 13. The van der Waals surface area contributed by atoms with Gasteiger partial charge in [-0.1, -0.05) is 126 Å². The van der Waals surface area contributed by atoms with Gasteiger partial charge in [-0.2, -0.15) is 0 Å². The minimum Gasteiger partial charge on any atom is -0.497 e. The van der Waals surface area contributed by atoms with Gasteiger partial charge in [0.05, 0.1) is 13.7 Å². The van der Waals surface area contributed by atoms with Crippen LogP contribution in [0.2, 0.25) is 5.04 Å². The molecule has 1 N–H and O–H groups in total. The Balaban J connectivity index is 1.51. The molecule has 0 aromatic heterocycles. The van der Waals surface area contributed by atoms with Gasteiger partial charge in [0.1, 0.15) is 5.75 Å². The molecule has 5 rings (SSSR count). The fourth-order valence-electron chi connectivity index (χ4n) is 9.13. The minimum atomic E-state index is -2.73. The molecule has 2 aliphatic carbocycles. The van der Waals surface area contributed by atoms with E-state index in [-0.39, 0.29) is 23.7 Å². The van der Waals surface area contributed by atoms with Crippen molar-refractivity contribution >= 4 is 18.7 Å². The second-order valence-corrected chi connectivity index (χ2v) is 20.3. The lowest BCUT2D eigenvalue weighted by Crippen LogP contribution is -2.68. The Morgan fingerprint density at radius 2 is 1.44 bits per heavy atom. The zero-order valence-corrected chi connectivity index (χ0v) is 31.7. The monoisotopic (exact) mass is 668 g/mol. The second kappa shape index (κ2) is 15.9. The molecule has 260 valence electrons. The Bertz CT molecular complexity index is 1410. The molecule has 0 bridgehead atoms. The number of hydrogen-bond acceptors (Lipinski definition) is 4. The van der Waals surface area contributed by atoms with Crippen molar-refractivity contribution in [1.82, 2.24) is 0 Å². The van der Waals surface area contributed by atoms with Gasteiger partial charge < -0.3 is 19.0 Å². The lowest BCUT2D eigenvalue weighted by atomic mass is 9.56. The molecule has 4 nitrogen and oxygen atoms in total. The molecule has 0 saturated heterocycles. The van der Waals surface area contributed by atoms with E-state index >= 15 is 0 Å². The van der Waals surface area contributed by atoms with E-state index in [1.54, 1.807) is 7.11 Å². The summed E-state index contributed by atoms with van der Waals surface area (Å²) in [5.74, 6) is 3.69. The molecule has 48 heavy (non-hydrogen) atoms. The lowest BCUT2D eigenvalue weighted by Gasteiger charge is -2.53. The molecule has 1 fully saturated rings. The van der Waals surface area contributed by atoms with Crippen LogP contribution in [0.5, 0.6) is 5.75 Å². The summed E-state index contributed by atoms with van der Waals surface area (Å²) in [6.07, 6.45) is 5.82. The van der Waals surface area contributed by atoms with Crippen LogP contribution in [0.1, 0.15) is 73.3 Å². The van der Waals surface area contributed by atoms with Gasteiger partial charge in [-0.25, -0.2) is 0 Å². The first-order valence-electron chi connectivity index (χ1n) is 18.3. The van der Waals surface area contributed by atoms with Gasteiger partial charge in [0.25, 0.3) is 8.32 Å². The summed E-state index contributed by atoms with van der Waals surface area (Å²) in [5.41, 5.74) is 2.64. The van der Waals surface area contributed by atoms with Crippen LogP contribution in [0.4, 0.5) is 0 Å². The summed E-state index contributed by atoms with van der Waals surface area (Å²) in [6, 6.07) is 30.3. The molecule has 1 saturated carbocycles. The molecule has 2 aliphatic rings. The maximum absolute atomic E-state index is 10.7. The van der Waals surface area contributed by atoms with Crippen molar-refractivity contribution < 1.29 is 19.0 Å². The van der Waals surface area contributed by atoms with E-state index in [2.05, 4.69) is 127 Å². The maximum Gasteiger partial charge on any atom is 0.261 e. The highest BCUT2D eigenvalue weighted by atomic mass is 28.4. The van der Waals surface area contributed by atoms with Crippen molar-refractivity contribution in [2.45, 2.75) is 85.5 Å². The van der Waals surface area contributed by atoms with E-state index < -0.39 is 8.32 Å². The summed E-state index contributed by atoms with van der Waals surface area (Å²) >= 11 is 0. The molecule has 0 spiro atoms. The van der Waals surface area contributed by atoms with E-state index in [4.69, 9.17) is 13.9 Å². The van der Waals surface area contributed by atoms with Crippen molar-refractivity contribution in [3.8, 4) is 5.75 Å². The number of aliphatic hydroxyl groups is 1. The Labute approximate surface area is 292 Å². The first kappa shape index (κ1) is 36.6. The van der Waals surface area contributed by atoms with Crippen molar-refractivity contribution in [2.24, 2.45) is 41.4 Å². The Kier molecular flexibility index (Phi) is 12.1. The summed E-state index contributed by atoms with van der Waals surface area (Å²) < 4.78 is 19.7. The predicted octanol–water partition coefficient (Wildman–Crippen LogP) is 8.67. The summed E-state index contributed by atoms with van der Waals surface area (Å²) in [4.78, 5) is 0. The average molecular weight is 669 g/mol. The molecule has 0 heterocycles. The second-order valence-electron chi connectivity index (χ2n) is 16.1. The summed E-state index contributed by atoms with van der Waals surface area (Å²) in [7, 11) is -1.03. The number of methoxy groups -OCH3 is 1. The molecule has 3 aromatic carbocycles. The third-order valence-electron chi connectivity index (χ3n) is 11.6. The van der Waals surface area contributed by atoms with Gasteiger partial charge in [-0.15, -0.1) is 0 Å². The van der Waals surface area contributed by atoms with E-state index in [9.17, 15) is 5.11 Å². The SMILES string of the molecule is COc1ccc(COC[C@@H](C)[C@@H]2C[C@@H](O[Si](c3ccccc3)(c3ccccc3)C(C)(C)C)C[C@H]3[C@@H]2C=C(C)C[C@H]3[C@H](CO)C(C)C)cc1. The van der Waals surface area contributed by atoms with E-state index in [1.165, 1.54) is 15.9 Å². The first-order valence-corrected chi connectivity index (χ1v) is 20.2. The topological polar surface area (TPSA) is 47.9 Å². The van der Waals surface area contributed by atoms with E-state index in [0.29, 0.717) is 48.7 Å². The van der Waals surface area contributed by atoms with Crippen LogP contribution in [-0.2, 0) is 15.8 Å². The normalized spacial score (nSPS) is 24.5. The number of allylic oxidation sites excluding steroid dienone is 2. The highest BCUT2D eigenvalue weighted by Gasteiger charge is 2.54. The third kappa shape index (κ3) is 7.86. The van der Waals surface area contributed by atoms with E-state index in [1.807, 2.05) is 12.1 Å². The van der Waals surface area contributed by atoms with Crippen molar-refractivity contribution in [2.75, 3.05) is 20.3 Å². The Morgan fingerprint density at radius 1 is 0.833 bits per heavy atom. The van der Waals surface area contributed by atoms with Crippen LogP contribution < -0.4 is 15.1 Å². The largest absolute Gasteiger partial charge is 0.497 e. The third-order valence-corrected chi connectivity index (χ3v) is 16.7. The molecular formula is C43H60O4Si. The number of aliphatic hydroxyl groups excluding tert-OH is 1. The molecule has 0 unspecified atom stereocenters. The standard InChI is InChI=1S/C43H60O4Si/c1-30(2)42(27-44)40-24-31(3)23-39-38(32(4)28-46-29-33-19-21-34(45-8)22-20-33)25-35(26-41(39)40)47-48(43(5,6)7,36-15-11-9-12-16-36)37-17-13-10-14-18-37/h9-23,30,32,35,38-42,44H,24-29H2,1-8H3/t32-,35-,38+,39-,40-,41+,42-/m1/s1. The quantitative estimate of drug-likeness (QED) is 0.146. The average Bonchev–Trinajstić information content (AvgIpc) is 3.07. The molecule has 0 aliphatic heterocycles. The van der Waals surface area contributed by atoms with Crippen LogP contribution in [-0.4, -0.2) is 39.9 Å². The first-order chi connectivity index (χ1) is 23.0. The van der Waals surface area contributed by atoms with Crippen LogP contribution in [0.3, 0.4) is 0 Å². The zero-order chi connectivity index (χ0) is 34.5. The molecule has 0 amide bonds. The fourth-order valence-corrected chi connectivity index (χ4v) is 13.8. The van der Waals surface area contributed by atoms with E-state index in [0.717, 1.165) is 30.6 Å². The van der Waals surface area contributed by atoms with Gasteiger partial charge in [0.15, 0.2) is 0 Å². The number of hydrogen-bond donors (Lipinski definition) is 1. The van der Waals surface area contributed by atoms with Gasteiger partial charge in [-0.05, 0) is 101 Å². The number of benzene rings is 3. The van der Waals surface area contributed by atoms with Crippen LogP contribution >= 0.6 is 0 Å². The van der Waals surface area contributed by atoms with Gasteiger partial charge in [0, 0.05) is 19.3 Å². The smallest absolute Gasteiger partial charge is 0.261 e.